The third-order valence-electron chi connectivity index (χ3n) is 2.72. The first-order valence-corrected chi connectivity index (χ1v) is 6.77. The molecule has 118 valence electrons. The van der Waals surface area contributed by atoms with Crippen LogP contribution in [0.4, 0.5) is 4.79 Å². The fourth-order valence-corrected chi connectivity index (χ4v) is 1.78. The lowest BCUT2D eigenvalue weighted by Gasteiger charge is -2.24. The predicted molar refractivity (Wildman–Crippen MR) is 76.2 cm³/mol. The summed E-state index contributed by atoms with van der Waals surface area (Å²) in [5, 5.41) is 11.5. The summed E-state index contributed by atoms with van der Waals surface area (Å²) >= 11 is 0. The van der Waals surface area contributed by atoms with Gasteiger partial charge in [0, 0.05) is 20.2 Å². The van der Waals surface area contributed by atoms with Gasteiger partial charge in [-0.25, -0.2) is 9.59 Å². The number of aromatic carboxylic acids is 1. The van der Waals surface area contributed by atoms with Crippen LogP contribution < -0.4 is 5.32 Å². The van der Waals surface area contributed by atoms with Crippen LogP contribution in [0.1, 0.15) is 30.2 Å². The van der Waals surface area contributed by atoms with E-state index in [0.717, 1.165) is 0 Å². The molecular formula is C14H22N2O5. The molecule has 1 aromatic rings. The molecule has 1 rings (SSSR count). The second kappa shape index (κ2) is 8.31. The van der Waals surface area contributed by atoms with E-state index in [1.54, 1.807) is 12.0 Å². The van der Waals surface area contributed by atoms with E-state index in [0.29, 0.717) is 31.4 Å². The number of rotatable bonds is 8. The summed E-state index contributed by atoms with van der Waals surface area (Å²) in [7, 11) is 1.59. The number of nitrogens with one attached hydrogen (secondary N) is 1. The average Bonchev–Trinajstić information content (AvgIpc) is 2.89. The van der Waals surface area contributed by atoms with Crippen molar-refractivity contribution in [1.82, 2.24) is 10.2 Å². The number of carbonyl (C=O) groups is 2. The summed E-state index contributed by atoms with van der Waals surface area (Å²) in [5.41, 5.74) is 0. The van der Waals surface area contributed by atoms with Crippen LogP contribution in [-0.4, -0.2) is 48.8 Å². The van der Waals surface area contributed by atoms with E-state index in [-0.39, 0.29) is 18.3 Å². The number of hydrogen-bond donors (Lipinski definition) is 2. The average molecular weight is 298 g/mol. The molecule has 0 aliphatic rings. The van der Waals surface area contributed by atoms with E-state index >= 15 is 0 Å². The number of carbonyl (C=O) groups excluding carboxylic acids is 1. The zero-order valence-electron chi connectivity index (χ0n) is 12.6. The van der Waals surface area contributed by atoms with Crippen molar-refractivity contribution in [2.75, 3.05) is 26.8 Å². The Morgan fingerprint density at radius 2 is 2.14 bits per heavy atom. The van der Waals surface area contributed by atoms with Crippen molar-refractivity contribution in [3.63, 3.8) is 0 Å². The van der Waals surface area contributed by atoms with Crippen LogP contribution in [0.25, 0.3) is 0 Å². The number of carboxylic acid groups (broad SMARTS) is 1. The van der Waals surface area contributed by atoms with Gasteiger partial charge in [0.1, 0.15) is 5.76 Å². The quantitative estimate of drug-likeness (QED) is 0.763. The topological polar surface area (TPSA) is 92.0 Å². The summed E-state index contributed by atoms with van der Waals surface area (Å²) in [4.78, 5) is 24.5. The summed E-state index contributed by atoms with van der Waals surface area (Å²) in [5.74, 6) is -0.529. The van der Waals surface area contributed by atoms with Crippen molar-refractivity contribution < 1.29 is 23.8 Å². The molecule has 2 N–H and O–H groups in total. The van der Waals surface area contributed by atoms with E-state index in [1.165, 1.54) is 12.1 Å². The molecule has 7 nitrogen and oxygen atoms in total. The Bertz CT molecular complexity index is 470. The second-order valence-electron chi connectivity index (χ2n) is 5.06. The lowest BCUT2D eigenvalue weighted by atomic mass is 10.2. The molecule has 1 heterocycles. The maximum absolute atomic E-state index is 12.1. The fraction of sp³-hybridized carbons (Fsp3) is 0.571. The number of furan rings is 1. The molecule has 0 aromatic carbocycles. The molecule has 7 heteroatoms. The molecule has 0 atom stereocenters. The minimum absolute atomic E-state index is 0.141. The van der Waals surface area contributed by atoms with Gasteiger partial charge in [0.25, 0.3) is 0 Å². The van der Waals surface area contributed by atoms with Gasteiger partial charge in [-0.05, 0) is 18.1 Å². The number of nitrogens with zero attached hydrogens (tertiary/aromatic N) is 1. The third kappa shape index (κ3) is 5.86. The van der Waals surface area contributed by atoms with Gasteiger partial charge in [-0.2, -0.15) is 0 Å². The fourth-order valence-electron chi connectivity index (χ4n) is 1.78. The Labute approximate surface area is 123 Å². The Morgan fingerprint density at radius 3 is 2.67 bits per heavy atom. The first-order chi connectivity index (χ1) is 9.93. The van der Waals surface area contributed by atoms with Crippen molar-refractivity contribution in [2.24, 2.45) is 5.92 Å². The summed E-state index contributed by atoms with van der Waals surface area (Å²) in [6, 6.07) is 2.67. The minimum atomic E-state index is -1.13. The molecular weight excluding hydrogens is 276 g/mol. The van der Waals surface area contributed by atoms with Gasteiger partial charge in [0.15, 0.2) is 0 Å². The molecule has 0 unspecified atom stereocenters. The molecule has 0 saturated carbocycles. The molecule has 0 fully saturated rings. The van der Waals surface area contributed by atoms with Gasteiger partial charge >= 0.3 is 12.0 Å². The number of methoxy groups -OCH3 is 1. The largest absolute Gasteiger partial charge is 0.475 e. The summed E-state index contributed by atoms with van der Waals surface area (Å²) in [6.45, 7) is 5.78. The zero-order chi connectivity index (χ0) is 15.8. The van der Waals surface area contributed by atoms with Crippen LogP contribution in [-0.2, 0) is 11.3 Å². The Kier molecular flexibility index (Phi) is 6.74. The number of amides is 2. The van der Waals surface area contributed by atoms with Crippen molar-refractivity contribution in [3.8, 4) is 0 Å². The van der Waals surface area contributed by atoms with Gasteiger partial charge in [-0.3, -0.25) is 0 Å². The predicted octanol–water partition coefficient (Wildman–Crippen LogP) is 1.79. The second-order valence-corrected chi connectivity index (χ2v) is 5.06. The van der Waals surface area contributed by atoms with Crippen molar-refractivity contribution in [2.45, 2.75) is 20.4 Å². The first-order valence-electron chi connectivity index (χ1n) is 6.77. The van der Waals surface area contributed by atoms with Crippen LogP contribution in [0.15, 0.2) is 16.5 Å². The summed E-state index contributed by atoms with van der Waals surface area (Å²) in [6.07, 6.45) is 0. The normalized spacial score (nSPS) is 10.7. The van der Waals surface area contributed by atoms with Gasteiger partial charge in [0.2, 0.25) is 5.76 Å². The number of ether oxygens (including phenoxy) is 1. The highest BCUT2D eigenvalue weighted by Crippen LogP contribution is 2.08. The van der Waals surface area contributed by atoms with Crippen LogP contribution in [0.5, 0.6) is 0 Å². The molecule has 0 radical (unpaired) electrons. The lowest BCUT2D eigenvalue weighted by molar-refractivity contribution is 0.0660. The molecule has 0 aliphatic heterocycles. The maximum atomic E-state index is 12.1. The van der Waals surface area contributed by atoms with Crippen molar-refractivity contribution >= 4 is 12.0 Å². The number of urea groups is 1. The molecule has 0 saturated heterocycles. The van der Waals surface area contributed by atoms with E-state index in [4.69, 9.17) is 14.3 Å². The SMILES string of the molecule is COCCN(CC(C)C)C(=O)NCc1ccc(C(=O)O)o1. The lowest BCUT2D eigenvalue weighted by Crippen LogP contribution is -2.43. The molecule has 0 aliphatic carbocycles. The van der Waals surface area contributed by atoms with E-state index in [9.17, 15) is 9.59 Å². The maximum Gasteiger partial charge on any atom is 0.371 e. The molecule has 0 spiro atoms. The highest BCUT2D eigenvalue weighted by atomic mass is 16.5. The Morgan fingerprint density at radius 1 is 1.43 bits per heavy atom. The molecule has 1 aromatic heterocycles. The Hall–Kier alpha value is -2.02. The van der Waals surface area contributed by atoms with Gasteiger partial charge in [0.05, 0.1) is 13.2 Å². The Balaban J connectivity index is 2.53. The van der Waals surface area contributed by atoms with E-state index in [2.05, 4.69) is 5.32 Å². The van der Waals surface area contributed by atoms with Gasteiger partial charge < -0.3 is 24.5 Å². The third-order valence-corrected chi connectivity index (χ3v) is 2.72. The molecule has 21 heavy (non-hydrogen) atoms. The monoisotopic (exact) mass is 298 g/mol. The van der Waals surface area contributed by atoms with E-state index < -0.39 is 5.97 Å². The van der Waals surface area contributed by atoms with Crippen molar-refractivity contribution in [1.29, 1.82) is 0 Å². The molecule has 2 amide bonds. The van der Waals surface area contributed by atoms with Gasteiger partial charge in [-0.15, -0.1) is 0 Å². The molecule has 0 bridgehead atoms. The first kappa shape index (κ1) is 17.0. The highest BCUT2D eigenvalue weighted by molar-refractivity contribution is 5.84. The van der Waals surface area contributed by atoms with Crippen LogP contribution >= 0.6 is 0 Å². The highest BCUT2D eigenvalue weighted by Gasteiger charge is 2.15. The number of hydrogen-bond acceptors (Lipinski definition) is 4. The zero-order valence-corrected chi connectivity index (χ0v) is 12.6. The standard InChI is InChI=1S/C14H22N2O5/c1-10(2)9-16(6-7-20-3)14(19)15-8-11-4-5-12(21-11)13(17)18/h4-5,10H,6-9H2,1-3H3,(H,15,19)(H,17,18). The van der Waals surface area contributed by atoms with Crippen molar-refractivity contribution in [3.05, 3.63) is 23.7 Å². The number of carboxylic acids is 1. The smallest absolute Gasteiger partial charge is 0.371 e. The van der Waals surface area contributed by atoms with Crippen LogP contribution in [0, 0.1) is 5.92 Å². The minimum Gasteiger partial charge on any atom is -0.475 e. The van der Waals surface area contributed by atoms with Crippen LogP contribution in [0.3, 0.4) is 0 Å². The van der Waals surface area contributed by atoms with E-state index in [1.807, 2.05) is 13.8 Å². The van der Waals surface area contributed by atoms with Gasteiger partial charge in [-0.1, -0.05) is 13.8 Å². The summed E-state index contributed by atoms with van der Waals surface area (Å²) < 4.78 is 10.1. The van der Waals surface area contributed by atoms with Crippen LogP contribution in [0.2, 0.25) is 0 Å².